The van der Waals surface area contributed by atoms with E-state index >= 15 is 0 Å². The zero-order valence-corrected chi connectivity index (χ0v) is 14.7. The Kier molecular flexibility index (Phi) is 6.01. The Morgan fingerprint density at radius 2 is 2.33 bits per heavy atom. The molecule has 0 bridgehead atoms. The third-order valence-electron chi connectivity index (χ3n) is 5.29. The van der Waals surface area contributed by atoms with Crippen LogP contribution in [0.4, 0.5) is 0 Å². The van der Waals surface area contributed by atoms with E-state index in [4.69, 9.17) is 0 Å². The molecular weight excluding hydrogens is 302 g/mol. The summed E-state index contributed by atoms with van der Waals surface area (Å²) < 4.78 is 1.86. The lowest BCUT2D eigenvalue weighted by molar-refractivity contribution is -0.126. The molecule has 1 N–H and O–H groups in total. The van der Waals surface area contributed by atoms with E-state index in [0.717, 1.165) is 38.9 Å². The topological polar surface area (TPSA) is 63.1 Å². The maximum atomic E-state index is 12.5. The second kappa shape index (κ2) is 8.42. The molecule has 24 heavy (non-hydrogen) atoms. The molecule has 0 spiro atoms. The Labute approximate surface area is 144 Å². The summed E-state index contributed by atoms with van der Waals surface area (Å²) in [6, 6.07) is 0.287. The number of hydrogen-bond acceptors (Lipinski definition) is 4. The first-order valence-corrected chi connectivity index (χ1v) is 9.28. The largest absolute Gasteiger partial charge is 0.354 e. The molecule has 0 saturated carbocycles. The van der Waals surface area contributed by atoms with Crippen molar-refractivity contribution in [2.75, 3.05) is 13.1 Å². The van der Waals surface area contributed by atoms with Gasteiger partial charge in [-0.2, -0.15) is 5.10 Å². The highest BCUT2D eigenvalue weighted by molar-refractivity contribution is 5.81. The monoisotopic (exact) mass is 331 g/mol. The van der Waals surface area contributed by atoms with E-state index in [1.807, 2.05) is 11.6 Å². The van der Waals surface area contributed by atoms with Crippen LogP contribution in [0.25, 0.3) is 0 Å². The van der Waals surface area contributed by atoms with Crippen molar-refractivity contribution in [1.29, 1.82) is 0 Å². The van der Waals surface area contributed by atoms with Crippen LogP contribution in [0.5, 0.6) is 0 Å². The normalized spacial score (nSPS) is 23.0. The van der Waals surface area contributed by atoms with Crippen LogP contribution >= 0.6 is 0 Å². The van der Waals surface area contributed by atoms with Gasteiger partial charge in [0, 0.05) is 12.6 Å². The van der Waals surface area contributed by atoms with E-state index in [-0.39, 0.29) is 11.9 Å². The van der Waals surface area contributed by atoms with Crippen LogP contribution < -0.4 is 5.32 Å². The predicted molar refractivity (Wildman–Crippen MR) is 93.4 cm³/mol. The zero-order valence-electron chi connectivity index (χ0n) is 14.7. The van der Waals surface area contributed by atoms with Crippen LogP contribution in [0.15, 0.2) is 24.3 Å². The van der Waals surface area contributed by atoms with Crippen LogP contribution in [0, 0.1) is 0 Å². The number of nitrogens with one attached hydrogen (secondary N) is 1. The maximum Gasteiger partial charge on any atom is 0.237 e. The molecule has 1 aromatic rings. The average molecular weight is 331 g/mol. The standard InChI is InChI=1S/C18H29N5O/c1-15(18(24)20-10-9-16-6-3-2-4-7-16)23-11-5-8-17(23)12-22-14-19-13-21-22/h6,13-15,17H,2-5,7-12H2,1H3,(H,20,24). The summed E-state index contributed by atoms with van der Waals surface area (Å²) >= 11 is 0. The molecule has 1 aliphatic carbocycles. The Bertz CT molecular complexity index is 554. The molecule has 2 unspecified atom stereocenters. The van der Waals surface area contributed by atoms with Gasteiger partial charge in [-0.1, -0.05) is 11.6 Å². The summed E-state index contributed by atoms with van der Waals surface area (Å²) in [5, 5.41) is 7.32. The molecule has 1 aliphatic heterocycles. The number of carbonyl (C=O) groups is 1. The molecule has 0 radical (unpaired) electrons. The van der Waals surface area contributed by atoms with Gasteiger partial charge in [0.25, 0.3) is 0 Å². The van der Waals surface area contributed by atoms with Crippen molar-refractivity contribution in [2.24, 2.45) is 0 Å². The van der Waals surface area contributed by atoms with E-state index in [0.29, 0.717) is 6.04 Å². The highest BCUT2D eigenvalue weighted by Gasteiger charge is 2.32. The molecule has 0 aromatic carbocycles. The summed E-state index contributed by atoms with van der Waals surface area (Å²) in [4.78, 5) is 18.8. The SMILES string of the molecule is CC(C(=O)NCCC1=CCCCC1)N1CCCC1Cn1cncn1. The molecule has 1 amide bonds. The van der Waals surface area contributed by atoms with Gasteiger partial charge in [0.15, 0.2) is 0 Å². The number of likely N-dealkylation sites (tertiary alicyclic amines) is 1. The van der Waals surface area contributed by atoms with Crippen LogP contribution in [0.1, 0.15) is 51.9 Å². The number of hydrogen-bond donors (Lipinski definition) is 1. The van der Waals surface area contributed by atoms with Crippen molar-refractivity contribution < 1.29 is 4.79 Å². The lowest BCUT2D eigenvalue weighted by atomic mass is 9.97. The Balaban J connectivity index is 1.46. The number of carbonyl (C=O) groups excluding carboxylic acids is 1. The van der Waals surface area contributed by atoms with Gasteiger partial charge in [-0.3, -0.25) is 14.4 Å². The van der Waals surface area contributed by atoms with E-state index in [2.05, 4.69) is 26.4 Å². The van der Waals surface area contributed by atoms with Crippen LogP contribution in [-0.2, 0) is 11.3 Å². The first kappa shape index (κ1) is 17.1. The Morgan fingerprint density at radius 3 is 3.08 bits per heavy atom. The summed E-state index contributed by atoms with van der Waals surface area (Å²) in [5.41, 5.74) is 1.51. The minimum atomic E-state index is -0.0821. The smallest absolute Gasteiger partial charge is 0.237 e. The van der Waals surface area contributed by atoms with E-state index in [1.54, 1.807) is 12.7 Å². The minimum Gasteiger partial charge on any atom is -0.354 e. The van der Waals surface area contributed by atoms with E-state index < -0.39 is 0 Å². The third kappa shape index (κ3) is 4.44. The fourth-order valence-electron chi connectivity index (χ4n) is 3.88. The van der Waals surface area contributed by atoms with Gasteiger partial charge in [-0.25, -0.2) is 4.98 Å². The maximum absolute atomic E-state index is 12.5. The third-order valence-corrected chi connectivity index (χ3v) is 5.29. The molecule has 6 nitrogen and oxygen atoms in total. The highest BCUT2D eigenvalue weighted by Crippen LogP contribution is 2.22. The fraction of sp³-hybridized carbons (Fsp3) is 0.722. The van der Waals surface area contributed by atoms with Crippen molar-refractivity contribution in [3.63, 3.8) is 0 Å². The second-order valence-corrected chi connectivity index (χ2v) is 6.98. The molecule has 1 fully saturated rings. The number of allylic oxidation sites excluding steroid dienone is 1. The molecular formula is C18H29N5O. The highest BCUT2D eigenvalue weighted by atomic mass is 16.2. The van der Waals surface area contributed by atoms with Crippen molar-refractivity contribution in [3.8, 4) is 0 Å². The van der Waals surface area contributed by atoms with Gasteiger partial charge in [-0.15, -0.1) is 0 Å². The molecule has 2 aliphatic rings. The van der Waals surface area contributed by atoms with Gasteiger partial charge in [-0.05, 0) is 58.4 Å². The summed E-state index contributed by atoms with van der Waals surface area (Å²) in [7, 11) is 0. The first-order valence-electron chi connectivity index (χ1n) is 9.28. The Morgan fingerprint density at radius 1 is 1.42 bits per heavy atom. The van der Waals surface area contributed by atoms with Crippen molar-refractivity contribution >= 4 is 5.91 Å². The molecule has 1 aromatic heterocycles. The van der Waals surface area contributed by atoms with Gasteiger partial charge >= 0.3 is 0 Å². The Hall–Kier alpha value is -1.69. The predicted octanol–water partition coefficient (Wildman–Crippen LogP) is 2.14. The first-order chi connectivity index (χ1) is 11.7. The van der Waals surface area contributed by atoms with Gasteiger partial charge in [0.05, 0.1) is 12.6 Å². The van der Waals surface area contributed by atoms with Crippen LogP contribution in [-0.4, -0.2) is 50.7 Å². The zero-order chi connectivity index (χ0) is 16.8. The number of amides is 1. The molecule has 6 heteroatoms. The van der Waals surface area contributed by atoms with Crippen molar-refractivity contribution in [2.45, 2.75) is 70.5 Å². The minimum absolute atomic E-state index is 0.0821. The van der Waals surface area contributed by atoms with E-state index in [1.165, 1.54) is 31.3 Å². The fourth-order valence-corrected chi connectivity index (χ4v) is 3.88. The summed E-state index contributed by atoms with van der Waals surface area (Å²) in [5.74, 6) is 0.150. The lowest BCUT2D eigenvalue weighted by Crippen LogP contribution is -2.48. The number of nitrogens with zero attached hydrogens (tertiary/aromatic N) is 4. The van der Waals surface area contributed by atoms with Gasteiger partial charge < -0.3 is 5.32 Å². The van der Waals surface area contributed by atoms with E-state index in [9.17, 15) is 4.79 Å². The van der Waals surface area contributed by atoms with Gasteiger partial charge in [0.2, 0.25) is 5.91 Å². The van der Waals surface area contributed by atoms with Crippen LogP contribution in [0.3, 0.4) is 0 Å². The molecule has 132 valence electrons. The molecule has 2 heterocycles. The lowest BCUT2D eigenvalue weighted by Gasteiger charge is -2.29. The van der Waals surface area contributed by atoms with Crippen molar-refractivity contribution in [3.05, 3.63) is 24.3 Å². The average Bonchev–Trinajstić information content (AvgIpc) is 3.27. The molecule has 3 rings (SSSR count). The second-order valence-electron chi connectivity index (χ2n) is 6.98. The van der Waals surface area contributed by atoms with Crippen LogP contribution in [0.2, 0.25) is 0 Å². The summed E-state index contributed by atoms with van der Waals surface area (Å²) in [6.45, 7) is 4.58. The molecule has 1 saturated heterocycles. The van der Waals surface area contributed by atoms with Gasteiger partial charge in [0.1, 0.15) is 12.7 Å². The number of aromatic nitrogens is 3. The van der Waals surface area contributed by atoms with Crippen molar-refractivity contribution in [1.82, 2.24) is 25.0 Å². The number of rotatable bonds is 7. The molecule has 2 atom stereocenters. The summed E-state index contributed by atoms with van der Waals surface area (Å²) in [6.07, 6.45) is 14.0. The quantitative estimate of drug-likeness (QED) is 0.778.